The van der Waals surface area contributed by atoms with Gasteiger partial charge in [-0.25, -0.2) is 0 Å². The summed E-state index contributed by atoms with van der Waals surface area (Å²) in [5.41, 5.74) is 0.104. The molecule has 1 aliphatic carbocycles. The second kappa shape index (κ2) is 4.72. The van der Waals surface area contributed by atoms with Crippen molar-refractivity contribution in [3.63, 3.8) is 0 Å². The van der Waals surface area contributed by atoms with Crippen LogP contribution in [-0.4, -0.2) is 23.2 Å². The van der Waals surface area contributed by atoms with E-state index in [9.17, 15) is 9.90 Å². The minimum atomic E-state index is -0.372. The van der Waals surface area contributed by atoms with Gasteiger partial charge in [0, 0.05) is 16.5 Å². The Morgan fingerprint density at radius 3 is 2.61 bits per heavy atom. The summed E-state index contributed by atoms with van der Waals surface area (Å²) in [6.07, 6.45) is 0.202. The minimum absolute atomic E-state index is 0.0354. The Balaban J connectivity index is 2.09. The van der Waals surface area contributed by atoms with Crippen LogP contribution in [0, 0.1) is 5.41 Å². The fourth-order valence-corrected chi connectivity index (χ4v) is 2.55. The number of rotatable bonds is 2. The van der Waals surface area contributed by atoms with E-state index in [1.807, 2.05) is 13.8 Å². The maximum absolute atomic E-state index is 12.1. The highest BCUT2D eigenvalue weighted by Crippen LogP contribution is 2.40. The molecule has 2 N–H and O–H groups in total. The van der Waals surface area contributed by atoms with E-state index in [0.717, 1.165) is 0 Å². The molecule has 2 rings (SSSR count). The molecule has 0 aliphatic heterocycles. The van der Waals surface area contributed by atoms with Gasteiger partial charge >= 0.3 is 0 Å². The van der Waals surface area contributed by atoms with Crippen LogP contribution in [0.5, 0.6) is 0 Å². The van der Waals surface area contributed by atoms with Crippen molar-refractivity contribution in [1.82, 2.24) is 5.32 Å². The fourth-order valence-electron chi connectivity index (χ4n) is 2.06. The van der Waals surface area contributed by atoms with Crippen molar-refractivity contribution in [2.75, 3.05) is 0 Å². The number of aliphatic hydroxyl groups is 1. The molecule has 0 spiro atoms. The largest absolute Gasteiger partial charge is 0.392 e. The smallest absolute Gasteiger partial charge is 0.253 e. The summed E-state index contributed by atoms with van der Waals surface area (Å²) in [7, 11) is 0. The molecule has 1 aliphatic rings. The lowest BCUT2D eigenvalue weighted by atomic mass is 9.64. The van der Waals surface area contributed by atoms with Crippen molar-refractivity contribution in [1.29, 1.82) is 0 Å². The summed E-state index contributed by atoms with van der Waals surface area (Å²) < 4.78 is 0. The van der Waals surface area contributed by atoms with Gasteiger partial charge in [0.05, 0.1) is 16.7 Å². The van der Waals surface area contributed by atoms with E-state index in [-0.39, 0.29) is 23.5 Å². The van der Waals surface area contributed by atoms with E-state index in [2.05, 4.69) is 5.32 Å². The summed E-state index contributed by atoms with van der Waals surface area (Å²) >= 11 is 11.8. The van der Waals surface area contributed by atoms with Crippen LogP contribution in [0.25, 0.3) is 0 Å². The quantitative estimate of drug-likeness (QED) is 0.879. The molecule has 0 saturated heterocycles. The van der Waals surface area contributed by atoms with E-state index in [1.54, 1.807) is 18.2 Å². The number of halogens is 2. The van der Waals surface area contributed by atoms with Crippen molar-refractivity contribution in [3.05, 3.63) is 33.8 Å². The molecular weight excluding hydrogens is 273 g/mol. The first-order valence-corrected chi connectivity index (χ1v) is 6.52. The Hall–Kier alpha value is -0.770. The monoisotopic (exact) mass is 287 g/mol. The Labute approximate surface area is 116 Å². The molecule has 1 amide bonds. The average Bonchev–Trinajstić information content (AvgIpc) is 2.28. The number of amides is 1. The summed E-state index contributed by atoms with van der Waals surface area (Å²) in [6.45, 7) is 3.85. The molecule has 0 aromatic heterocycles. The second-order valence-corrected chi connectivity index (χ2v) is 6.07. The standard InChI is InChI=1S/C13H15Cl2NO2/c1-13(2)10(6-11(13)17)16-12(18)8-4-3-7(14)5-9(8)15/h3-5,10-11,17H,6H2,1-2H3,(H,16,18). The zero-order valence-electron chi connectivity index (χ0n) is 10.2. The van der Waals surface area contributed by atoms with Crippen LogP contribution in [0.3, 0.4) is 0 Å². The average molecular weight is 288 g/mol. The van der Waals surface area contributed by atoms with Crippen LogP contribution in [0.1, 0.15) is 30.6 Å². The third-order valence-electron chi connectivity index (χ3n) is 3.70. The van der Waals surface area contributed by atoms with Crippen molar-refractivity contribution in [3.8, 4) is 0 Å². The minimum Gasteiger partial charge on any atom is -0.392 e. The number of benzene rings is 1. The molecule has 1 aromatic rings. The second-order valence-electron chi connectivity index (χ2n) is 5.22. The van der Waals surface area contributed by atoms with E-state index < -0.39 is 0 Å². The van der Waals surface area contributed by atoms with Gasteiger partial charge in [0.25, 0.3) is 5.91 Å². The summed E-state index contributed by atoms with van der Waals surface area (Å²) in [5.74, 6) is -0.235. The molecule has 0 bridgehead atoms. The number of aliphatic hydroxyl groups excluding tert-OH is 1. The predicted octanol–water partition coefficient (Wildman–Crippen LogP) is 2.88. The predicted molar refractivity (Wildman–Crippen MR) is 72.1 cm³/mol. The van der Waals surface area contributed by atoms with Crippen molar-refractivity contribution in [2.45, 2.75) is 32.4 Å². The van der Waals surface area contributed by atoms with E-state index in [4.69, 9.17) is 23.2 Å². The van der Waals surface area contributed by atoms with Crippen LogP contribution >= 0.6 is 23.2 Å². The molecule has 0 heterocycles. The third-order valence-corrected chi connectivity index (χ3v) is 4.24. The highest BCUT2D eigenvalue weighted by molar-refractivity contribution is 6.36. The van der Waals surface area contributed by atoms with Gasteiger partial charge in [-0.15, -0.1) is 0 Å². The molecule has 0 radical (unpaired) electrons. The molecule has 18 heavy (non-hydrogen) atoms. The van der Waals surface area contributed by atoms with Crippen molar-refractivity contribution in [2.24, 2.45) is 5.41 Å². The fraction of sp³-hybridized carbons (Fsp3) is 0.462. The van der Waals surface area contributed by atoms with Gasteiger partial charge in [0.15, 0.2) is 0 Å². The molecule has 5 heteroatoms. The highest BCUT2D eigenvalue weighted by atomic mass is 35.5. The number of nitrogens with one attached hydrogen (secondary N) is 1. The maximum atomic E-state index is 12.1. The van der Waals surface area contributed by atoms with Crippen LogP contribution < -0.4 is 5.32 Å². The molecule has 1 aromatic carbocycles. The Morgan fingerprint density at radius 2 is 2.11 bits per heavy atom. The van der Waals surface area contributed by atoms with Gasteiger partial charge in [0.1, 0.15) is 0 Å². The maximum Gasteiger partial charge on any atom is 0.253 e. The first kappa shape index (κ1) is 13.7. The number of hydrogen-bond donors (Lipinski definition) is 2. The molecule has 2 unspecified atom stereocenters. The molecule has 1 fully saturated rings. The molecule has 3 nitrogen and oxygen atoms in total. The lowest BCUT2D eigenvalue weighted by Crippen LogP contribution is -2.61. The topological polar surface area (TPSA) is 49.3 Å². The first-order chi connectivity index (χ1) is 8.32. The van der Waals surface area contributed by atoms with E-state index in [1.165, 1.54) is 0 Å². The van der Waals surface area contributed by atoms with Crippen LogP contribution in [0.15, 0.2) is 18.2 Å². The summed E-state index contributed by atoms with van der Waals surface area (Å²) in [5, 5.41) is 13.3. The van der Waals surface area contributed by atoms with Gasteiger partial charge in [-0.05, 0) is 24.6 Å². The van der Waals surface area contributed by atoms with Crippen LogP contribution in [0.2, 0.25) is 10.0 Å². The Bertz CT molecular complexity index is 488. The van der Waals surface area contributed by atoms with Gasteiger partial charge in [0.2, 0.25) is 0 Å². The molecule has 2 atom stereocenters. The lowest BCUT2D eigenvalue weighted by Gasteiger charge is -2.49. The third kappa shape index (κ3) is 2.35. The molecule has 98 valence electrons. The van der Waals surface area contributed by atoms with Gasteiger partial charge < -0.3 is 10.4 Å². The van der Waals surface area contributed by atoms with Gasteiger partial charge in [-0.2, -0.15) is 0 Å². The Kier molecular flexibility index (Phi) is 3.58. The SMILES string of the molecule is CC1(C)C(O)CC1NC(=O)c1ccc(Cl)cc1Cl. The van der Waals surface area contributed by atoms with Crippen molar-refractivity contribution < 1.29 is 9.90 Å². The van der Waals surface area contributed by atoms with Gasteiger partial charge in [-0.1, -0.05) is 37.0 Å². The molecular formula is C13H15Cl2NO2. The molecule has 1 saturated carbocycles. The van der Waals surface area contributed by atoms with E-state index in [0.29, 0.717) is 22.0 Å². The number of hydrogen-bond acceptors (Lipinski definition) is 2. The van der Waals surface area contributed by atoms with Crippen LogP contribution in [-0.2, 0) is 0 Å². The lowest BCUT2D eigenvalue weighted by molar-refractivity contribution is -0.0689. The Morgan fingerprint density at radius 1 is 1.44 bits per heavy atom. The highest BCUT2D eigenvalue weighted by Gasteiger charge is 2.48. The first-order valence-electron chi connectivity index (χ1n) is 5.76. The normalized spacial score (nSPS) is 25.4. The van der Waals surface area contributed by atoms with Crippen molar-refractivity contribution >= 4 is 29.1 Å². The number of carbonyl (C=O) groups is 1. The van der Waals surface area contributed by atoms with E-state index >= 15 is 0 Å². The van der Waals surface area contributed by atoms with Crippen LogP contribution in [0.4, 0.5) is 0 Å². The summed E-state index contributed by atoms with van der Waals surface area (Å²) in [6, 6.07) is 4.73. The zero-order valence-corrected chi connectivity index (χ0v) is 11.7. The number of carbonyl (C=O) groups excluding carboxylic acids is 1. The van der Waals surface area contributed by atoms with Gasteiger partial charge in [-0.3, -0.25) is 4.79 Å². The summed E-state index contributed by atoms with van der Waals surface area (Å²) in [4.78, 5) is 12.1. The zero-order chi connectivity index (χ0) is 13.5.